The first-order chi connectivity index (χ1) is 12.0. The predicted octanol–water partition coefficient (Wildman–Crippen LogP) is 2.32. The van der Waals surface area contributed by atoms with Crippen molar-refractivity contribution in [1.82, 2.24) is 4.98 Å². The predicted molar refractivity (Wildman–Crippen MR) is 90.1 cm³/mol. The first-order valence-corrected chi connectivity index (χ1v) is 7.61. The number of benzene rings is 1. The van der Waals surface area contributed by atoms with Crippen molar-refractivity contribution in [2.75, 3.05) is 18.1 Å². The Labute approximate surface area is 144 Å². The minimum absolute atomic E-state index is 0.0984. The monoisotopic (exact) mass is 339 g/mol. The summed E-state index contributed by atoms with van der Waals surface area (Å²) in [7, 11) is 0. The van der Waals surface area contributed by atoms with Crippen molar-refractivity contribution in [3.05, 3.63) is 53.9 Å². The molecule has 0 bridgehead atoms. The SMILES string of the molecule is CC(=O)c1c[nH]c(C(=O)OCC(=O)N(CCC#N)c2ccccc2)c1. The molecule has 1 aromatic heterocycles. The van der Waals surface area contributed by atoms with Crippen LogP contribution in [0.3, 0.4) is 0 Å². The smallest absolute Gasteiger partial charge is 0.355 e. The summed E-state index contributed by atoms with van der Waals surface area (Å²) in [5, 5.41) is 8.75. The maximum absolute atomic E-state index is 12.4. The third-order valence-corrected chi connectivity index (χ3v) is 3.45. The molecule has 0 spiro atoms. The lowest BCUT2D eigenvalue weighted by Crippen LogP contribution is -2.35. The Morgan fingerprint density at radius 3 is 2.56 bits per heavy atom. The summed E-state index contributed by atoms with van der Waals surface area (Å²) in [6, 6.07) is 12.2. The van der Waals surface area contributed by atoms with E-state index in [1.807, 2.05) is 12.1 Å². The maximum atomic E-state index is 12.4. The zero-order valence-corrected chi connectivity index (χ0v) is 13.7. The van der Waals surface area contributed by atoms with E-state index in [0.717, 1.165) is 0 Å². The van der Waals surface area contributed by atoms with E-state index in [9.17, 15) is 14.4 Å². The number of nitriles is 1. The summed E-state index contributed by atoms with van der Waals surface area (Å²) in [5.74, 6) is -1.35. The average Bonchev–Trinajstić information content (AvgIpc) is 3.11. The van der Waals surface area contributed by atoms with Gasteiger partial charge in [-0.3, -0.25) is 9.59 Å². The molecule has 1 N–H and O–H groups in total. The van der Waals surface area contributed by atoms with Gasteiger partial charge in [0.25, 0.3) is 5.91 Å². The summed E-state index contributed by atoms with van der Waals surface area (Å²) < 4.78 is 5.01. The number of hydrogen-bond donors (Lipinski definition) is 1. The van der Waals surface area contributed by atoms with Gasteiger partial charge in [0.1, 0.15) is 5.69 Å². The van der Waals surface area contributed by atoms with Crippen LogP contribution in [-0.2, 0) is 9.53 Å². The van der Waals surface area contributed by atoms with Crippen LogP contribution >= 0.6 is 0 Å². The number of aromatic amines is 1. The average molecular weight is 339 g/mol. The Kier molecular flexibility index (Phi) is 6.07. The van der Waals surface area contributed by atoms with Crippen LogP contribution in [0.4, 0.5) is 5.69 Å². The Bertz CT molecular complexity index is 805. The first kappa shape index (κ1) is 17.9. The van der Waals surface area contributed by atoms with Gasteiger partial charge in [0.15, 0.2) is 12.4 Å². The number of ether oxygens (including phenoxy) is 1. The fourth-order valence-corrected chi connectivity index (χ4v) is 2.17. The number of ketones is 1. The van der Waals surface area contributed by atoms with Gasteiger partial charge in [-0.25, -0.2) is 4.79 Å². The lowest BCUT2D eigenvalue weighted by molar-refractivity contribution is -0.121. The van der Waals surface area contributed by atoms with Gasteiger partial charge in [0.05, 0.1) is 12.5 Å². The molecule has 0 aliphatic heterocycles. The van der Waals surface area contributed by atoms with E-state index in [4.69, 9.17) is 10.00 Å². The molecule has 0 aliphatic carbocycles. The molecule has 7 heteroatoms. The van der Waals surface area contributed by atoms with Gasteiger partial charge in [0.2, 0.25) is 0 Å². The highest BCUT2D eigenvalue weighted by Gasteiger charge is 2.19. The number of anilines is 1. The molecule has 0 atom stereocenters. The third kappa shape index (κ3) is 4.78. The second-order valence-electron chi connectivity index (χ2n) is 5.22. The normalized spacial score (nSPS) is 9.92. The number of nitrogens with zero attached hydrogens (tertiary/aromatic N) is 2. The first-order valence-electron chi connectivity index (χ1n) is 7.61. The minimum Gasteiger partial charge on any atom is -0.451 e. The van der Waals surface area contributed by atoms with Gasteiger partial charge < -0.3 is 14.6 Å². The van der Waals surface area contributed by atoms with E-state index in [2.05, 4.69) is 4.98 Å². The molecule has 128 valence electrons. The molecule has 1 amide bonds. The van der Waals surface area contributed by atoms with Crippen LogP contribution in [-0.4, -0.2) is 35.8 Å². The highest BCUT2D eigenvalue weighted by molar-refractivity contribution is 5.99. The largest absolute Gasteiger partial charge is 0.451 e. The standard InChI is InChI=1S/C18H17N3O4/c1-13(22)14-10-16(20-11-14)18(24)25-12-17(23)21(9-5-8-19)15-6-3-2-4-7-15/h2-4,6-7,10-11,20H,5,9,12H2,1H3. The van der Waals surface area contributed by atoms with Crippen molar-refractivity contribution >= 4 is 23.3 Å². The fraction of sp³-hybridized carbons (Fsp3) is 0.222. The van der Waals surface area contributed by atoms with Crippen molar-refractivity contribution < 1.29 is 19.1 Å². The highest BCUT2D eigenvalue weighted by Crippen LogP contribution is 2.14. The Hall–Kier alpha value is -3.40. The summed E-state index contributed by atoms with van der Waals surface area (Å²) in [6.45, 7) is 1.12. The quantitative estimate of drug-likeness (QED) is 0.616. The number of amides is 1. The van der Waals surface area contributed by atoms with E-state index < -0.39 is 18.5 Å². The van der Waals surface area contributed by atoms with Crippen molar-refractivity contribution in [3.8, 4) is 6.07 Å². The number of carbonyl (C=O) groups is 3. The number of rotatable bonds is 7. The van der Waals surface area contributed by atoms with Gasteiger partial charge >= 0.3 is 5.97 Å². The van der Waals surface area contributed by atoms with Crippen LogP contribution in [0, 0.1) is 11.3 Å². The van der Waals surface area contributed by atoms with Gasteiger partial charge in [-0.05, 0) is 25.1 Å². The van der Waals surface area contributed by atoms with E-state index in [1.165, 1.54) is 24.1 Å². The molecule has 1 heterocycles. The number of H-pyrrole nitrogens is 1. The van der Waals surface area contributed by atoms with E-state index >= 15 is 0 Å². The zero-order valence-electron chi connectivity index (χ0n) is 13.7. The lowest BCUT2D eigenvalue weighted by atomic mass is 10.2. The Morgan fingerprint density at radius 1 is 1.24 bits per heavy atom. The molecule has 2 aromatic rings. The summed E-state index contributed by atoms with van der Waals surface area (Å²) in [5.41, 5.74) is 1.08. The number of Topliss-reactive ketones (excluding diaryl/α,β-unsaturated/α-hetero) is 1. The molecule has 0 aliphatic rings. The number of esters is 1. The van der Waals surface area contributed by atoms with Gasteiger partial charge in [-0.15, -0.1) is 0 Å². The number of hydrogen-bond acceptors (Lipinski definition) is 5. The second-order valence-corrected chi connectivity index (χ2v) is 5.22. The van der Waals surface area contributed by atoms with Crippen LogP contribution in [0.1, 0.15) is 34.2 Å². The molecule has 25 heavy (non-hydrogen) atoms. The van der Waals surface area contributed by atoms with Crippen LogP contribution in [0.5, 0.6) is 0 Å². The molecule has 7 nitrogen and oxygen atoms in total. The van der Waals surface area contributed by atoms with Crippen molar-refractivity contribution in [1.29, 1.82) is 5.26 Å². The minimum atomic E-state index is -0.728. The van der Waals surface area contributed by atoms with E-state index in [0.29, 0.717) is 11.3 Å². The van der Waals surface area contributed by atoms with Crippen molar-refractivity contribution in [2.24, 2.45) is 0 Å². The van der Waals surface area contributed by atoms with Crippen LogP contribution in [0.15, 0.2) is 42.6 Å². The highest BCUT2D eigenvalue weighted by atomic mass is 16.5. The van der Waals surface area contributed by atoms with Crippen LogP contribution < -0.4 is 4.90 Å². The van der Waals surface area contributed by atoms with Gasteiger partial charge in [0, 0.05) is 24.0 Å². The molecular weight excluding hydrogens is 322 g/mol. The van der Waals surface area contributed by atoms with Gasteiger partial charge in [-0.2, -0.15) is 5.26 Å². The number of para-hydroxylation sites is 1. The molecule has 0 radical (unpaired) electrons. The fourth-order valence-electron chi connectivity index (χ4n) is 2.17. The van der Waals surface area contributed by atoms with E-state index in [-0.39, 0.29) is 24.4 Å². The zero-order chi connectivity index (χ0) is 18.2. The summed E-state index contributed by atoms with van der Waals surface area (Å²) in [4.78, 5) is 39.6. The molecule has 0 saturated carbocycles. The number of aromatic nitrogens is 1. The molecule has 1 aromatic carbocycles. The molecule has 0 unspecified atom stereocenters. The Balaban J connectivity index is 2.01. The molecule has 0 fully saturated rings. The Morgan fingerprint density at radius 2 is 1.96 bits per heavy atom. The van der Waals surface area contributed by atoms with E-state index in [1.54, 1.807) is 24.3 Å². The van der Waals surface area contributed by atoms with Crippen molar-refractivity contribution in [2.45, 2.75) is 13.3 Å². The van der Waals surface area contributed by atoms with Crippen LogP contribution in [0.2, 0.25) is 0 Å². The molecule has 0 saturated heterocycles. The topological polar surface area (TPSA) is 103 Å². The summed E-state index contributed by atoms with van der Waals surface area (Å²) >= 11 is 0. The second kappa shape index (κ2) is 8.45. The van der Waals surface area contributed by atoms with Gasteiger partial charge in [-0.1, -0.05) is 18.2 Å². The molecule has 2 rings (SSSR count). The van der Waals surface area contributed by atoms with Crippen molar-refractivity contribution in [3.63, 3.8) is 0 Å². The maximum Gasteiger partial charge on any atom is 0.355 e. The molecular formula is C18H17N3O4. The number of carbonyl (C=O) groups excluding carboxylic acids is 3. The van der Waals surface area contributed by atoms with Crippen LogP contribution in [0.25, 0.3) is 0 Å². The number of nitrogens with one attached hydrogen (secondary N) is 1. The third-order valence-electron chi connectivity index (χ3n) is 3.45. The lowest BCUT2D eigenvalue weighted by Gasteiger charge is -2.21. The summed E-state index contributed by atoms with van der Waals surface area (Å²) in [6.07, 6.45) is 1.57.